The number of aromatic nitrogens is 2. The minimum absolute atomic E-state index is 0.303. The molecule has 0 N–H and O–H groups in total. The molecule has 1 atom stereocenters. The summed E-state index contributed by atoms with van der Waals surface area (Å²) in [4.78, 5) is 11.4. The van der Waals surface area contributed by atoms with E-state index < -0.39 is 0 Å². The molecule has 0 saturated carbocycles. The number of hydrogen-bond donors (Lipinski definition) is 0. The Labute approximate surface area is 134 Å². The first kappa shape index (κ1) is 16.5. The number of rotatable bonds is 2. The normalized spacial score (nSPS) is 20.7. The van der Waals surface area contributed by atoms with Crippen LogP contribution in [0, 0.1) is 11.3 Å². The smallest absolute Gasteiger partial charge is 0.135 e. The van der Waals surface area contributed by atoms with Gasteiger partial charge < -0.3 is 4.90 Å². The summed E-state index contributed by atoms with van der Waals surface area (Å²) in [7, 11) is 0. The van der Waals surface area contributed by atoms with Gasteiger partial charge in [-0.15, -0.1) is 0 Å². The van der Waals surface area contributed by atoms with Crippen molar-refractivity contribution in [1.29, 1.82) is 0 Å². The largest absolute Gasteiger partial charge is 0.356 e. The second-order valence-electron chi connectivity index (χ2n) is 7.54. The average Bonchev–Trinajstić information content (AvgIpc) is 2.63. The summed E-state index contributed by atoms with van der Waals surface area (Å²) in [6, 6.07) is 1.91. The van der Waals surface area contributed by atoms with Gasteiger partial charge in [0.2, 0.25) is 0 Å². The lowest BCUT2D eigenvalue weighted by Crippen LogP contribution is -2.27. The lowest BCUT2D eigenvalue weighted by Gasteiger charge is -2.30. The van der Waals surface area contributed by atoms with Crippen LogP contribution in [0.15, 0.2) is 6.07 Å². The van der Waals surface area contributed by atoms with Crippen LogP contribution >= 0.6 is 11.6 Å². The average molecular weight is 310 g/mol. The summed E-state index contributed by atoms with van der Waals surface area (Å²) < 4.78 is 0. The summed E-state index contributed by atoms with van der Waals surface area (Å²) in [6.07, 6.45) is 3.75. The summed E-state index contributed by atoms with van der Waals surface area (Å²) in [6.45, 7) is 13.4. The van der Waals surface area contributed by atoms with Crippen LogP contribution in [0.1, 0.15) is 65.6 Å². The predicted molar refractivity (Wildman–Crippen MR) is 90.1 cm³/mol. The lowest BCUT2D eigenvalue weighted by molar-refractivity contribution is 0.220. The van der Waals surface area contributed by atoms with Gasteiger partial charge >= 0.3 is 0 Å². The Balaban J connectivity index is 2.16. The number of halogens is 1. The molecular weight excluding hydrogens is 282 g/mol. The summed E-state index contributed by atoms with van der Waals surface area (Å²) in [5.74, 6) is 2.92. The fraction of sp³-hybridized carbons (Fsp3) is 0.765. The molecule has 118 valence electrons. The van der Waals surface area contributed by atoms with Gasteiger partial charge in [0, 0.05) is 25.1 Å². The van der Waals surface area contributed by atoms with E-state index in [-0.39, 0.29) is 0 Å². The van der Waals surface area contributed by atoms with Crippen molar-refractivity contribution in [2.75, 3.05) is 18.0 Å². The SMILES string of the molecule is CC(C)c1nc(Cl)cc(N2CCCC(C(C)(C)C)CC2)n1. The van der Waals surface area contributed by atoms with Crippen molar-refractivity contribution < 1.29 is 0 Å². The van der Waals surface area contributed by atoms with E-state index in [1.54, 1.807) is 0 Å². The van der Waals surface area contributed by atoms with E-state index in [0.717, 1.165) is 30.6 Å². The second-order valence-corrected chi connectivity index (χ2v) is 7.93. The standard InChI is InChI=1S/C17H28ClN3/c1-12(2)16-19-14(18)11-15(20-16)21-9-6-7-13(8-10-21)17(3,4)5/h11-13H,6-10H2,1-5H3. The quantitative estimate of drug-likeness (QED) is 0.727. The maximum Gasteiger partial charge on any atom is 0.135 e. The third kappa shape index (κ3) is 4.32. The van der Waals surface area contributed by atoms with Crippen LogP contribution in [0.2, 0.25) is 5.15 Å². The molecule has 0 aliphatic carbocycles. The van der Waals surface area contributed by atoms with E-state index in [1.807, 2.05) is 6.07 Å². The van der Waals surface area contributed by atoms with Crippen molar-refractivity contribution in [3.8, 4) is 0 Å². The molecule has 2 heterocycles. The highest BCUT2D eigenvalue weighted by Gasteiger charge is 2.27. The molecular formula is C17H28ClN3. The molecule has 21 heavy (non-hydrogen) atoms. The topological polar surface area (TPSA) is 29.0 Å². The summed E-state index contributed by atoms with van der Waals surface area (Å²) >= 11 is 6.18. The molecule has 4 heteroatoms. The Kier molecular flexibility index (Phi) is 5.13. The molecule has 0 aromatic carbocycles. The molecule has 2 rings (SSSR count). The van der Waals surface area contributed by atoms with E-state index in [1.165, 1.54) is 19.3 Å². The van der Waals surface area contributed by atoms with Crippen LogP contribution in [-0.4, -0.2) is 23.1 Å². The molecule has 1 aliphatic rings. The summed E-state index contributed by atoms with van der Waals surface area (Å²) in [5, 5.41) is 0.556. The van der Waals surface area contributed by atoms with Crippen LogP contribution < -0.4 is 4.90 Å². The molecule has 1 fully saturated rings. The molecule has 0 bridgehead atoms. The van der Waals surface area contributed by atoms with Crippen LogP contribution in [0.25, 0.3) is 0 Å². The Morgan fingerprint density at radius 2 is 1.90 bits per heavy atom. The highest BCUT2D eigenvalue weighted by molar-refractivity contribution is 6.29. The van der Waals surface area contributed by atoms with Gasteiger partial charge in [-0.1, -0.05) is 46.2 Å². The minimum Gasteiger partial charge on any atom is -0.356 e. The van der Waals surface area contributed by atoms with Gasteiger partial charge in [0.1, 0.15) is 16.8 Å². The Morgan fingerprint density at radius 3 is 2.52 bits per heavy atom. The molecule has 0 amide bonds. The molecule has 0 radical (unpaired) electrons. The predicted octanol–water partition coefficient (Wildman–Crippen LogP) is 4.91. The monoisotopic (exact) mass is 309 g/mol. The first-order chi connectivity index (χ1) is 9.77. The Hall–Kier alpha value is -0.830. The maximum absolute atomic E-state index is 6.18. The van der Waals surface area contributed by atoms with E-state index in [9.17, 15) is 0 Å². The number of hydrogen-bond acceptors (Lipinski definition) is 3. The van der Waals surface area contributed by atoms with Gasteiger partial charge in [0.25, 0.3) is 0 Å². The molecule has 1 aliphatic heterocycles. The van der Waals surface area contributed by atoms with E-state index in [0.29, 0.717) is 16.5 Å². The van der Waals surface area contributed by atoms with Gasteiger partial charge in [-0.05, 0) is 30.6 Å². The van der Waals surface area contributed by atoms with Crippen molar-refractivity contribution in [3.63, 3.8) is 0 Å². The van der Waals surface area contributed by atoms with E-state index >= 15 is 0 Å². The zero-order valence-electron chi connectivity index (χ0n) is 14.0. The Bertz CT molecular complexity index is 479. The van der Waals surface area contributed by atoms with Gasteiger partial charge in [-0.2, -0.15) is 0 Å². The van der Waals surface area contributed by atoms with Crippen molar-refractivity contribution >= 4 is 17.4 Å². The van der Waals surface area contributed by atoms with Crippen LogP contribution in [-0.2, 0) is 0 Å². The van der Waals surface area contributed by atoms with Gasteiger partial charge in [0.05, 0.1) is 0 Å². The molecule has 1 unspecified atom stereocenters. The molecule has 0 spiro atoms. The maximum atomic E-state index is 6.18. The molecule has 1 aromatic heterocycles. The fourth-order valence-electron chi connectivity index (χ4n) is 3.03. The fourth-order valence-corrected chi connectivity index (χ4v) is 3.22. The first-order valence-corrected chi connectivity index (χ1v) is 8.44. The van der Waals surface area contributed by atoms with Crippen molar-refractivity contribution in [2.24, 2.45) is 11.3 Å². The van der Waals surface area contributed by atoms with E-state index in [4.69, 9.17) is 16.6 Å². The van der Waals surface area contributed by atoms with Gasteiger partial charge in [0.15, 0.2) is 0 Å². The molecule has 3 nitrogen and oxygen atoms in total. The second kappa shape index (κ2) is 6.51. The van der Waals surface area contributed by atoms with Crippen molar-refractivity contribution in [3.05, 3.63) is 17.0 Å². The lowest BCUT2D eigenvalue weighted by atomic mass is 9.77. The van der Waals surface area contributed by atoms with Gasteiger partial charge in [-0.25, -0.2) is 9.97 Å². The highest BCUT2D eigenvalue weighted by atomic mass is 35.5. The summed E-state index contributed by atoms with van der Waals surface area (Å²) in [5.41, 5.74) is 0.391. The van der Waals surface area contributed by atoms with Crippen molar-refractivity contribution in [2.45, 2.75) is 59.8 Å². The minimum atomic E-state index is 0.303. The van der Waals surface area contributed by atoms with Crippen LogP contribution in [0.3, 0.4) is 0 Å². The first-order valence-electron chi connectivity index (χ1n) is 8.07. The van der Waals surface area contributed by atoms with Gasteiger partial charge in [-0.3, -0.25) is 0 Å². The highest BCUT2D eigenvalue weighted by Crippen LogP contribution is 2.35. The Morgan fingerprint density at radius 1 is 1.19 bits per heavy atom. The molecule has 1 aromatic rings. The zero-order chi connectivity index (χ0) is 15.6. The van der Waals surface area contributed by atoms with Crippen LogP contribution in [0.5, 0.6) is 0 Å². The number of anilines is 1. The zero-order valence-corrected chi connectivity index (χ0v) is 14.7. The van der Waals surface area contributed by atoms with Crippen LogP contribution in [0.4, 0.5) is 5.82 Å². The number of nitrogens with zero attached hydrogens (tertiary/aromatic N) is 3. The van der Waals surface area contributed by atoms with Crippen molar-refractivity contribution in [1.82, 2.24) is 9.97 Å². The molecule has 1 saturated heterocycles. The van der Waals surface area contributed by atoms with E-state index in [2.05, 4.69) is 44.5 Å². The third-order valence-corrected chi connectivity index (χ3v) is 4.69. The third-order valence-electron chi connectivity index (χ3n) is 4.49.